The number of thiophene rings is 1. The minimum Gasteiger partial charge on any atom is -0.465 e. The summed E-state index contributed by atoms with van der Waals surface area (Å²) in [5.74, 6) is -3.65. The van der Waals surface area contributed by atoms with E-state index in [1.165, 1.54) is 12.2 Å². The second-order valence-electron chi connectivity index (χ2n) is 8.64. The Bertz CT molecular complexity index is 1440. The molecule has 11 heteroatoms. The number of esters is 2. The summed E-state index contributed by atoms with van der Waals surface area (Å²) in [7, 11) is 1.18. The van der Waals surface area contributed by atoms with E-state index < -0.39 is 41.8 Å². The summed E-state index contributed by atoms with van der Waals surface area (Å²) in [4.78, 5) is 60.3. The van der Waals surface area contributed by atoms with Crippen LogP contribution in [0.5, 0.6) is 0 Å². The lowest BCUT2D eigenvalue weighted by molar-refractivity contribution is -0.126. The molecule has 3 aromatic rings. The van der Waals surface area contributed by atoms with E-state index in [-0.39, 0.29) is 27.6 Å². The smallest absolute Gasteiger partial charge is 0.348 e. The molecule has 3 unspecified atom stereocenters. The standard InChI is InChI=1S/C27H23ClN2O7S/c1-4-36-27(34)22-14(2)18(26(33)35-3)25(38-22)29-23(31)19-20(16-12-8-9-13-17(16)28)30(37-21(19)24(29)32)15-10-6-5-7-11-15/h5-13,19-21H,4H2,1-3H3. The van der Waals surface area contributed by atoms with Gasteiger partial charge in [-0.3, -0.25) is 14.4 Å². The number of halogens is 1. The summed E-state index contributed by atoms with van der Waals surface area (Å²) in [5.41, 5.74) is 1.47. The molecule has 0 N–H and O–H groups in total. The second-order valence-corrected chi connectivity index (χ2v) is 10.0. The van der Waals surface area contributed by atoms with Gasteiger partial charge in [-0.1, -0.05) is 48.0 Å². The number of benzene rings is 2. The molecule has 0 spiro atoms. The number of imide groups is 1. The molecule has 38 heavy (non-hydrogen) atoms. The van der Waals surface area contributed by atoms with E-state index in [0.29, 0.717) is 16.3 Å². The van der Waals surface area contributed by atoms with Gasteiger partial charge < -0.3 is 9.47 Å². The van der Waals surface area contributed by atoms with Crippen LogP contribution >= 0.6 is 22.9 Å². The number of hydroxylamine groups is 1. The molecule has 2 saturated heterocycles. The van der Waals surface area contributed by atoms with Crippen molar-refractivity contribution in [2.24, 2.45) is 5.92 Å². The average molecular weight is 555 g/mol. The summed E-state index contributed by atoms with van der Waals surface area (Å²) < 4.78 is 10.0. The zero-order valence-electron chi connectivity index (χ0n) is 20.7. The van der Waals surface area contributed by atoms with Gasteiger partial charge in [0.15, 0.2) is 6.10 Å². The third-order valence-electron chi connectivity index (χ3n) is 6.53. The van der Waals surface area contributed by atoms with E-state index in [2.05, 4.69) is 0 Å². The minimum absolute atomic E-state index is 0.00503. The maximum atomic E-state index is 14.0. The van der Waals surface area contributed by atoms with Crippen molar-refractivity contribution >= 4 is 57.4 Å². The van der Waals surface area contributed by atoms with Crippen LogP contribution in [0.4, 0.5) is 10.7 Å². The molecule has 0 bridgehead atoms. The van der Waals surface area contributed by atoms with Crippen LogP contribution in [-0.2, 0) is 23.9 Å². The van der Waals surface area contributed by atoms with Crippen LogP contribution in [-0.4, -0.2) is 43.6 Å². The summed E-state index contributed by atoms with van der Waals surface area (Å²) in [5, 5.41) is 1.94. The quantitative estimate of drug-likeness (QED) is 0.318. The first kappa shape index (κ1) is 25.9. The number of methoxy groups -OCH3 is 1. The third kappa shape index (κ3) is 4.05. The highest BCUT2D eigenvalue weighted by Crippen LogP contribution is 2.50. The Kier molecular flexibility index (Phi) is 6.95. The van der Waals surface area contributed by atoms with E-state index in [1.807, 2.05) is 18.2 Å². The fraction of sp³-hybridized carbons (Fsp3) is 0.259. The molecule has 2 amide bonds. The lowest BCUT2D eigenvalue weighted by atomic mass is 9.90. The van der Waals surface area contributed by atoms with Gasteiger partial charge in [0.25, 0.3) is 5.91 Å². The largest absolute Gasteiger partial charge is 0.465 e. The van der Waals surface area contributed by atoms with Gasteiger partial charge in [-0.15, -0.1) is 11.3 Å². The number of carbonyl (C=O) groups excluding carboxylic acids is 4. The van der Waals surface area contributed by atoms with Crippen molar-refractivity contribution in [2.75, 3.05) is 23.7 Å². The number of nitrogens with zero attached hydrogens (tertiary/aromatic N) is 2. The molecule has 2 aliphatic heterocycles. The first-order valence-corrected chi connectivity index (χ1v) is 13.0. The van der Waals surface area contributed by atoms with Crippen LogP contribution in [0, 0.1) is 12.8 Å². The summed E-state index contributed by atoms with van der Waals surface area (Å²) in [6.07, 6.45) is -1.18. The van der Waals surface area contributed by atoms with Crippen molar-refractivity contribution in [2.45, 2.75) is 26.0 Å². The predicted molar refractivity (Wildman–Crippen MR) is 140 cm³/mol. The predicted octanol–water partition coefficient (Wildman–Crippen LogP) is 4.72. The average Bonchev–Trinajstić information content (AvgIpc) is 3.54. The molecule has 3 heterocycles. The molecule has 0 radical (unpaired) electrons. The molecule has 5 rings (SSSR count). The van der Waals surface area contributed by atoms with Gasteiger partial charge in [0, 0.05) is 5.02 Å². The zero-order valence-corrected chi connectivity index (χ0v) is 22.2. The monoisotopic (exact) mass is 554 g/mol. The van der Waals surface area contributed by atoms with Crippen LogP contribution in [0.25, 0.3) is 0 Å². The Morgan fingerprint density at radius 3 is 2.37 bits per heavy atom. The second kappa shape index (κ2) is 10.2. The maximum Gasteiger partial charge on any atom is 0.348 e. The van der Waals surface area contributed by atoms with E-state index in [4.69, 9.17) is 25.9 Å². The van der Waals surface area contributed by atoms with Crippen molar-refractivity contribution < 1.29 is 33.5 Å². The molecule has 0 saturated carbocycles. The lowest BCUT2D eigenvalue weighted by Crippen LogP contribution is -2.37. The third-order valence-corrected chi connectivity index (χ3v) is 8.13. The van der Waals surface area contributed by atoms with Gasteiger partial charge in [0.05, 0.1) is 31.0 Å². The normalized spacial score (nSPS) is 20.6. The molecule has 196 valence electrons. The Labute approximate surface area is 227 Å². The highest BCUT2D eigenvalue weighted by atomic mass is 35.5. The fourth-order valence-electron chi connectivity index (χ4n) is 4.83. The number of para-hydroxylation sites is 1. The number of anilines is 2. The SMILES string of the molecule is CCOC(=O)c1sc(N2C(=O)C3ON(c4ccccc4)C(c4ccccc4Cl)C3C2=O)c(C(=O)OC)c1C. The molecular formula is C27H23ClN2O7S. The zero-order chi connectivity index (χ0) is 27.1. The van der Waals surface area contributed by atoms with Crippen LogP contribution in [0.2, 0.25) is 5.02 Å². The molecular weight excluding hydrogens is 532 g/mol. The van der Waals surface area contributed by atoms with Gasteiger partial charge in [0.2, 0.25) is 5.91 Å². The first-order valence-electron chi connectivity index (χ1n) is 11.8. The van der Waals surface area contributed by atoms with E-state index in [0.717, 1.165) is 16.2 Å². The summed E-state index contributed by atoms with van der Waals surface area (Å²) >= 11 is 7.39. The van der Waals surface area contributed by atoms with Crippen LogP contribution in [0.3, 0.4) is 0 Å². The van der Waals surface area contributed by atoms with Crippen molar-refractivity contribution in [3.8, 4) is 0 Å². The highest BCUT2D eigenvalue weighted by Gasteiger charge is 2.61. The molecule has 2 aliphatic rings. The van der Waals surface area contributed by atoms with Crippen molar-refractivity contribution in [3.63, 3.8) is 0 Å². The number of ether oxygens (including phenoxy) is 2. The van der Waals surface area contributed by atoms with E-state index >= 15 is 0 Å². The number of amides is 2. The van der Waals surface area contributed by atoms with Crippen molar-refractivity contribution in [1.29, 1.82) is 0 Å². The van der Waals surface area contributed by atoms with E-state index in [1.54, 1.807) is 50.2 Å². The maximum absolute atomic E-state index is 14.0. The molecule has 2 fully saturated rings. The van der Waals surface area contributed by atoms with Gasteiger partial charge >= 0.3 is 11.9 Å². The number of fused-ring (bicyclic) bond motifs is 1. The van der Waals surface area contributed by atoms with Gasteiger partial charge in [-0.05, 0) is 43.2 Å². The Morgan fingerprint density at radius 1 is 1.03 bits per heavy atom. The number of hydrogen-bond donors (Lipinski definition) is 0. The molecule has 3 atom stereocenters. The van der Waals surface area contributed by atoms with Gasteiger partial charge in [-0.25, -0.2) is 19.6 Å². The van der Waals surface area contributed by atoms with Crippen LogP contribution in [0.15, 0.2) is 54.6 Å². The number of hydrogen-bond acceptors (Lipinski definition) is 9. The topological polar surface area (TPSA) is 102 Å². The number of rotatable bonds is 6. The Balaban J connectivity index is 1.62. The van der Waals surface area contributed by atoms with Crippen LogP contribution < -0.4 is 9.96 Å². The summed E-state index contributed by atoms with van der Waals surface area (Å²) in [6, 6.07) is 15.4. The summed E-state index contributed by atoms with van der Waals surface area (Å²) in [6.45, 7) is 3.32. The van der Waals surface area contributed by atoms with Crippen molar-refractivity contribution in [3.05, 3.63) is 81.2 Å². The lowest BCUT2D eigenvalue weighted by Gasteiger charge is -2.29. The van der Waals surface area contributed by atoms with E-state index in [9.17, 15) is 19.2 Å². The molecule has 0 aliphatic carbocycles. The first-order chi connectivity index (χ1) is 18.3. The Hall–Kier alpha value is -3.73. The van der Waals surface area contributed by atoms with Crippen LogP contribution in [0.1, 0.15) is 44.1 Å². The number of carbonyl (C=O) groups is 4. The molecule has 2 aromatic carbocycles. The van der Waals surface area contributed by atoms with Gasteiger partial charge in [0.1, 0.15) is 15.8 Å². The fourth-order valence-corrected chi connectivity index (χ4v) is 6.28. The Morgan fingerprint density at radius 2 is 1.71 bits per heavy atom. The minimum atomic E-state index is -1.18. The molecule has 9 nitrogen and oxygen atoms in total. The highest BCUT2D eigenvalue weighted by molar-refractivity contribution is 7.19. The van der Waals surface area contributed by atoms with Gasteiger partial charge in [-0.2, -0.15) is 0 Å². The van der Waals surface area contributed by atoms with Crippen molar-refractivity contribution in [1.82, 2.24) is 0 Å². The molecule has 1 aromatic heterocycles.